The Morgan fingerprint density at radius 1 is 1.26 bits per heavy atom. The quantitative estimate of drug-likeness (QED) is 0.842. The maximum Gasteiger partial charge on any atom is 0.132 e. The molecule has 3 rings (SSSR count). The van der Waals surface area contributed by atoms with Crippen LogP contribution < -0.4 is 4.90 Å². The molecule has 0 bridgehead atoms. The standard InChI is InChI=1S/C15H18N4/c1-12-8-15(18-11-17-12)19-7-5-13(10-19)9-14-4-2-3-6-16-14/h2-4,6,8,11,13H,5,7,9-10H2,1H3/t13-/m1/s1. The van der Waals surface area contributed by atoms with Crippen LogP contribution in [0, 0.1) is 12.8 Å². The molecular formula is C15H18N4. The van der Waals surface area contributed by atoms with E-state index < -0.39 is 0 Å². The number of aryl methyl sites for hydroxylation is 1. The number of aromatic nitrogens is 3. The molecule has 0 aliphatic carbocycles. The molecule has 0 saturated carbocycles. The van der Waals surface area contributed by atoms with Gasteiger partial charge < -0.3 is 4.90 Å². The Balaban J connectivity index is 1.64. The second-order valence-corrected chi connectivity index (χ2v) is 5.14. The van der Waals surface area contributed by atoms with Gasteiger partial charge in [-0.3, -0.25) is 4.98 Å². The molecule has 19 heavy (non-hydrogen) atoms. The molecule has 1 aliphatic rings. The zero-order valence-electron chi connectivity index (χ0n) is 11.2. The molecule has 1 aliphatic heterocycles. The van der Waals surface area contributed by atoms with Crippen LogP contribution in [0.1, 0.15) is 17.8 Å². The van der Waals surface area contributed by atoms with Gasteiger partial charge in [0.15, 0.2) is 0 Å². The molecule has 4 nitrogen and oxygen atoms in total. The molecule has 0 radical (unpaired) electrons. The number of hydrogen-bond donors (Lipinski definition) is 0. The Morgan fingerprint density at radius 2 is 2.21 bits per heavy atom. The normalized spacial score (nSPS) is 18.8. The summed E-state index contributed by atoms with van der Waals surface area (Å²) < 4.78 is 0. The highest BCUT2D eigenvalue weighted by Gasteiger charge is 2.24. The van der Waals surface area contributed by atoms with Crippen molar-refractivity contribution in [2.75, 3.05) is 18.0 Å². The first kappa shape index (κ1) is 12.1. The van der Waals surface area contributed by atoms with Crippen LogP contribution in [0.15, 0.2) is 36.8 Å². The van der Waals surface area contributed by atoms with Crippen LogP contribution in [-0.2, 0) is 6.42 Å². The van der Waals surface area contributed by atoms with Crippen LogP contribution in [0.3, 0.4) is 0 Å². The molecule has 98 valence electrons. The van der Waals surface area contributed by atoms with E-state index in [1.54, 1.807) is 6.33 Å². The number of pyridine rings is 1. The minimum absolute atomic E-state index is 0.671. The zero-order chi connectivity index (χ0) is 13.1. The van der Waals surface area contributed by atoms with E-state index in [1.807, 2.05) is 19.2 Å². The molecule has 3 heterocycles. The van der Waals surface area contributed by atoms with Crippen molar-refractivity contribution in [1.29, 1.82) is 0 Å². The lowest BCUT2D eigenvalue weighted by molar-refractivity contribution is 0.577. The van der Waals surface area contributed by atoms with E-state index >= 15 is 0 Å². The first-order valence-corrected chi connectivity index (χ1v) is 6.75. The van der Waals surface area contributed by atoms with Gasteiger partial charge in [-0.25, -0.2) is 9.97 Å². The van der Waals surface area contributed by atoms with Crippen LogP contribution in [0.2, 0.25) is 0 Å². The van der Waals surface area contributed by atoms with Gasteiger partial charge in [-0.05, 0) is 37.8 Å². The second-order valence-electron chi connectivity index (χ2n) is 5.14. The molecule has 0 amide bonds. The average Bonchev–Trinajstić information content (AvgIpc) is 2.88. The topological polar surface area (TPSA) is 41.9 Å². The smallest absolute Gasteiger partial charge is 0.132 e. The summed E-state index contributed by atoms with van der Waals surface area (Å²) in [6.07, 6.45) is 5.79. The molecule has 2 aromatic heterocycles. The van der Waals surface area contributed by atoms with Crippen molar-refractivity contribution in [2.45, 2.75) is 19.8 Å². The van der Waals surface area contributed by atoms with Crippen molar-refractivity contribution in [1.82, 2.24) is 15.0 Å². The molecular weight excluding hydrogens is 236 g/mol. The van der Waals surface area contributed by atoms with Crippen molar-refractivity contribution in [3.05, 3.63) is 48.2 Å². The van der Waals surface area contributed by atoms with E-state index in [2.05, 4.69) is 38.1 Å². The average molecular weight is 254 g/mol. The molecule has 0 N–H and O–H groups in total. The summed E-state index contributed by atoms with van der Waals surface area (Å²) in [4.78, 5) is 15.3. The highest BCUT2D eigenvalue weighted by molar-refractivity contribution is 5.39. The fourth-order valence-electron chi connectivity index (χ4n) is 2.64. The maximum atomic E-state index is 4.41. The van der Waals surface area contributed by atoms with E-state index in [1.165, 1.54) is 12.1 Å². The first-order valence-electron chi connectivity index (χ1n) is 6.75. The van der Waals surface area contributed by atoms with Gasteiger partial charge in [0.05, 0.1) is 0 Å². The molecule has 0 spiro atoms. The van der Waals surface area contributed by atoms with Crippen LogP contribution in [0.4, 0.5) is 5.82 Å². The van der Waals surface area contributed by atoms with Crippen LogP contribution >= 0.6 is 0 Å². The number of anilines is 1. The third-order valence-corrected chi connectivity index (χ3v) is 3.62. The van der Waals surface area contributed by atoms with Crippen LogP contribution in [0.25, 0.3) is 0 Å². The largest absolute Gasteiger partial charge is 0.356 e. The van der Waals surface area contributed by atoms with Gasteiger partial charge in [-0.2, -0.15) is 0 Å². The SMILES string of the molecule is Cc1cc(N2CC[C@H](Cc3ccccn3)C2)ncn1. The van der Waals surface area contributed by atoms with Gasteiger partial charge in [0, 0.05) is 36.7 Å². The first-order chi connectivity index (χ1) is 9.31. The van der Waals surface area contributed by atoms with Gasteiger partial charge in [-0.1, -0.05) is 6.07 Å². The summed E-state index contributed by atoms with van der Waals surface area (Å²) >= 11 is 0. The molecule has 1 saturated heterocycles. The lowest BCUT2D eigenvalue weighted by Crippen LogP contribution is -2.21. The minimum Gasteiger partial charge on any atom is -0.356 e. The predicted octanol–water partition coefficient (Wildman–Crippen LogP) is 2.25. The fourth-order valence-corrected chi connectivity index (χ4v) is 2.64. The fraction of sp³-hybridized carbons (Fsp3) is 0.400. The Hall–Kier alpha value is -1.97. The Bertz CT molecular complexity index is 541. The van der Waals surface area contributed by atoms with Gasteiger partial charge in [0.1, 0.15) is 12.1 Å². The van der Waals surface area contributed by atoms with Gasteiger partial charge in [-0.15, -0.1) is 0 Å². The highest BCUT2D eigenvalue weighted by atomic mass is 15.2. The van der Waals surface area contributed by atoms with Crippen molar-refractivity contribution in [3.8, 4) is 0 Å². The summed E-state index contributed by atoms with van der Waals surface area (Å²) in [5, 5.41) is 0. The monoisotopic (exact) mass is 254 g/mol. The van der Waals surface area contributed by atoms with E-state index in [4.69, 9.17) is 0 Å². The summed E-state index contributed by atoms with van der Waals surface area (Å²) in [7, 11) is 0. The Kier molecular flexibility index (Phi) is 3.40. The Morgan fingerprint density at radius 3 is 3.00 bits per heavy atom. The summed E-state index contributed by atoms with van der Waals surface area (Å²) in [5.74, 6) is 1.72. The summed E-state index contributed by atoms with van der Waals surface area (Å²) in [6, 6.07) is 8.19. The molecule has 0 unspecified atom stereocenters. The third kappa shape index (κ3) is 2.89. The van der Waals surface area contributed by atoms with Crippen molar-refractivity contribution in [3.63, 3.8) is 0 Å². The summed E-state index contributed by atoms with van der Waals surface area (Å²) in [6.45, 7) is 4.15. The van der Waals surface area contributed by atoms with E-state index in [9.17, 15) is 0 Å². The van der Waals surface area contributed by atoms with Crippen molar-refractivity contribution < 1.29 is 0 Å². The molecule has 1 fully saturated rings. The van der Waals surface area contributed by atoms with E-state index in [0.717, 1.165) is 31.0 Å². The highest BCUT2D eigenvalue weighted by Crippen LogP contribution is 2.24. The predicted molar refractivity (Wildman–Crippen MR) is 75.0 cm³/mol. The Labute approximate surface area is 113 Å². The van der Waals surface area contributed by atoms with Crippen molar-refractivity contribution >= 4 is 5.82 Å². The third-order valence-electron chi connectivity index (χ3n) is 3.62. The van der Waals surface area contributed by atoms with E-state index in [-0.39, 0.29) is 0 Å². The minimum atomic E-state index is 0.671. The summed E-state index contributed by atoms with van der Waals surface area (Å²) in [5.41, 5.74) is 2.21. The molecule has 1 atom stereocenters. The zero-order valence-corrected chi connectivity index (χ0v) is 11.2. The molecule has 2 aromatic rings. The molecule has 4 heteroatoms. The maximum absolute atomic E-state index is 4.41. The van der Waals surface area contributed by atoms with Crippen LogP contribution in [0.5, 0.6) is 0 Å². The van der Waals surface area contributed by atoms with Gasteiger partial charge >= 0.3 is 0 Å². The second kappa shape index (κ2) is 5.34. The lowest BCUT2D eigenvalue weighted by Gasteiger charge is -2.17. The number of rotatable bonds is 3. The van der Waals surface area contributed by atoms with E-state index in [0.29, 0.717) is 5.92 Å². The number of nitrogens with zero attached hydrogens (tertiary/aromatic N) is 4. The molecule has 0 aromatic carbocycles. The van der Waals surface area contributed by atoms with Crippen molar-refractivity contribution in [2.24, 2.45) is 5.92 Å². The van der Waals surface area contributed by atoms with Gasteiger partial charge in [0.2, 0.25) is 0 Å². The number of hydrogen-bond acceptors (Lipinski definition) is 4. The van der Waals surface area contributed by atoms with Gasteiger partial charge in [0.25, 0.3) is 0 Å². The lowest BCUT2D eigenvalue weighted by atomic mass is 10.0. The van der Waals surface area contributed by atoms with Crippen LogP contribution in [-0.4, -0.2) is 28.0 Å².